The van der Waals surface area contributed by atoms with Crippen LogP contribution >= 0.6 is 12.4 Å². The first kappa shape index (κ1) is 19.8. The van der Waals surface area contributed by atoms with Gasteiger partial charge in [-0.3, -0.25) is 4.68 Å². The standard InChI is InChI=1S/C15H18F2N4O2S.ClH/c1-21-9-11(7-19-21)24(22,23)20-15-8-18-5-4-12(15)10-2-3-13(16)14(17)6-10;/h2-3,6-7,9,12,15,18,20H,4-5,8H2,1H3;1H. The van der Waals surface area contributed by atoms with Crippen molar-refractivity contribution in [1.82, 2.24) is 19.8 Å². The number of sulfonamides is 1. The van der Waals surface area contributed by atoms with Crippen LogP contribution in [0.25, 0.3) is 0 Å². The van der Waals surface area contributed by atoms with E-state index >= 15 is 0 Å². The zero-order chi connectivity index (χ0) is 17.3. The van der Waals surface area contributed by atoms with E-state index in [1.54, 1.807) is 7.05 Å². The third kappa shape index (κ3) is 4.35. The summed E-state index contributed by atoms with van der Waals surface area (Å²) >= 11 is 0. The second kappa shape index (κ2) is 7.77. The fraction of sp³-hybridized carbons (Fsp3) is 0.400. The zero-order valence-corrected chi connectivity index (χ0v) is 15.1. The highest BCUT2D eigenvalue weighted by atomic mass is 35.5. The first-order valence-corrected chi connectivity index (χ1v) is 9.02. The summed E-state index contributed by atoms with van der Waals surface area (Å²) in [5, 5.41) is 6.99. The molecule has 6 nitrogen and oxygen atoms in total. The van der Waals surface area contributed by atoms with Crippen molar-refractivity contribution < 1.29 is 17.2 Å². The third-order valence-corrected chi connectivity index (χ3v) is 5.60. The van der Waals surface area contributed by atoms with Gasteiger partial charge < -0.3 is 5.32 Å². The molecule has 0 amide bonds. The Morgan fingerprint density at radius 3 is 2.72 bits per heavy atom. The van der Waals surface area contributed by atoms with Crippen LogP contribution in [0.2, 0.25) is 0 Å². The molecule has 1 fully saturated rings. The van der Waals surface area contributed by atoms with Gasteiger partial charge in [-0.05, 0) is 30.7 Å². The molecule has 1 aromatic carbocycles. The Balaban J connectivity index is 0.00000225. The van der Waals surface area contributed by atoms with E-state index in [0.717, 1.165) is 12.1 Å². The molecule has 2 atom stereocenters. The quantitative estimate of drug-likeness (QED) is 0.827. The van der Waals surface area contributed by atoms with Gasteiger partial charge in [0.1, 0.15) is 4.90 Å². The predicted octanol–water partition coefficient (Wildman–Crippen LogP) is 1.54. The van der Waals surface area contributed by atoms with E-state index in [4.69, 9.17) is 0 Å². The van der Waals surface area contributed by atoms with Crippen molar-refractivity contribution in [2.75, 3.05) is 13.1 Å². The lowest BCUT2D eigenvalue weighted by Gasteiger charge is -2.32. The van der Waals surface area contributed by atoms with Crippen LogP contribution in [0.5, 0.6) is 0 Å². The number of aryl methyl sites for hydroxylation is 1. The minimum atomic E-state index is -3.74. The Bertz CT molecular complexity index is 844. The highest BCUT2D eigenvalue weighted by Crippen LogP contribution is 2.28. The molecule has 0 aliphatic carbocycles. The molecule has 1 aromatic heterocycles. The van der Waals surface area contributed by atoms with Crippen LogP contribution in [-0.4, -0.2) is 37.3 Å². The summed E-state index contributed by atoms with van der Waals surface area (Å²) in [6.07, 6.45) is 3.29. The van der Waals surface area contributed by atoms with Gasteiger partial charge in [-0.25, -0.2) is 21.9 Å². The topological polar surface area (TPSA) is 76.0 Å². The van der Waals surface area contributed by atoms with E-state index < -0.39 is 27.7 Å². The molecule has 25 heavy (non-hydrogen) atoms. The normalized spacial score (nSPS) is 20.9. The highest BCUT2D eigenvalue weighted by molar-refractivity contribution is 7.89. The van der Waals surface area contributed by atoms with Crippen molar-refractivity contribution in [3.05, 3.63) is 47.8 Å². The Kier molecular flexibility index (Phi) is 6.15. The predicted molar refractivity (Wildman–Crippen MR) is 91.2 cm³/mol. The number of aromatic nitrogens is 2. The minimum Gasteiger partial charge on any atom is -0.315 e. The number of rotatable bonds is 4. The van der Waals surface area contributed by atoms with Gasteiger partial charge in [0.15, 0.2) is 11.6 Å². The smallest absolute Gasteiger partial charge is 0.244 e. The summed E-state index contributed by atoms with van der Waals surface area (Å²) in [6.45, 7) is 1.08. The van der Waals surface area contributed by atoms with Gasteiger partial charge in [-0.1, -0.05) is 6.07 Å². The number of hydrogen-bond acceptors (Lipinski definition) is 4. The van der Waals surface area contributed by atoms with Gasteiger partial charge in [0.2, 0.25) is 10.0 Å². The Labute approximate surface area is 151 Å². The summed E-state index contributed by atoms with van der Waals surface area (Å²) in [5.74, 6) is -2.09. The number of nitrogens with one attached hydrogen (secondary N) is 2. The van der Waals surface area contributed by atoms with Gasteiger partial charge in [0.05, 0.1) is 6.20 Å². The van der Waals surface area contributed by atoms with Crippen LogP contribution in [0.3, 0.4) is 0 Å². The van der Waals surface area contributed by atoms with Crippen molar-refractivity contribution >= 4 is 22.4 Å². The van der Waals surface area contributed by atoms with E-state index in [-0.39, 0.29) is 23.2 Å². The van der Waals surface area contributed by atoms with E-state index in [1.807, 2.05) is 0 Å². The first-order valence-electron chi connectivity index (χ1n) is 7.53. The molecule has 0 spiro atoms. The van der Waals surface area contributed by atoms with E-state index in [1.165, 1.54) is 23.1 Å². The van der Waals surface area contributed by atoms with Gasteiger partial charge in [0.25, 0.3) is 0 Å². The van der Waals surface area contributed by atoms with Crippen LogP contribution in [0.15, 0.2) is 35.5 Å². The Morgan fingerprint density at radius 1 is 1.32 bits per heavy atom. The molecule has 2 unspecified atom stereocenters. The molecule has 2 heterocycles. The lowest BCUT2D eigenvalue weighted by Crippen LogP contribution is -2.49. The number of piperidine rings is 1. The molecule has 1 saturated heterocycles. The van der Waals surface area contributed by atoms with Crippen molar-refractivity contribution in [1.29, 1.82) is 0 Å². The van der Waals surface area contributed by atoms with Gasteiger partial charge in [0, 0.05) is 31.7 Å². The molecule has 1 aliphatic heterocycles. The van der Waals surface area contributed by atoms with E-state index in [0.29, 0.717) is 25.1 Å². The van der Waals surface area contributed by atoms with Crippen LogP contribution in [0.4, 0.5) is 8.78 Å². The number of benzene rings is 1. The number of halogens is 3. The van der Waals surface area contributed by atoms with Crippen molar-refractivity contribution in [2.24, 2.45) is 7.05 Å². The largest absolute Gasteiger partial charge is 0.315 e. The van der Waals surface area contributed by atoms with Gasteiger partial charge in [-0.2, -0.15) is 5.10 Å². The molecule has 10 heteroatoms. The average molecular weight is 393 g/mol. The second-order valence-corrected chi connectivity index (χ2v) is 7.56. The lowest BCUT2D eigenvalue weighted by molar-refractivity contribution is 0.376. The summed E-state index contributed by atoms with van der Waals surface area (Å²) in [4.78, 5) is 0.0691. The summed E-state index contributed by atoms with van der Waals surface area (Å²) in [5.41, 5.74) is 0.578. The molecule has 2 N–H and O–H groups in total. The summed E-state index contributed by atoms with van der Waals surface area (Å²) in [6, 6.07) is 3.24. The third-order valence-electron chi connectivity index (χ3n) is 4.15. The fourth-order valence-electron chi connectivity index (χ4n) is 2.93. The Morgan fingerprint density at radius 2 is 2.08 bits per heavy atom. The van der Waals surface area contributed by atoms with Crippen molar-refractivity contribution in [2.45, 2.75) is 23.3 Å². The maximum Gasteiger partial charge on any atom is 0.244 e. The second-order valence-electron chi connectivity index (χ2n) is 5.85. The fourth-order valence-corrected chi connectivity index (χ4v) is 4.19. The van der Waals surface area contributed by atoms with Crippen molar-refractivity contribution in [3.63, 3.8) is 0 Å². The molecule has 138 valence electrons. The molecule has 0 bridgehead atoms. The van der Waals surface area contributed by atoms with Gasteiger partial charge >= 0.3 is 0 Å². The highest BCUT2D eigenvalue weighted by Gasteiger charge is 2.31. The van der Waals surface area contributed by atoms with Crippen LogP contribution in [0.1, 0.15) is 17.9 Å². The molecule has 2 aromatic rings. The van der Waals surface area contributed by atoms with Crippen LogP contribution in [-0.2, 0) is 17.1 Å². The molecular weight excluding hydrogens is 374 g/mol. The molecular formula is C15H19ClF2N4O2S. The molecule has 1 aliphatic rings. The number of nitrogens with zero attached hydrogens (tertiary/aromatic N) is 2. The summed E-state index contributed by atoms with van der Waals surface area (Å²) in [7, 11) is -2.11. The molecule has 0 radical (unpaired) electrons. The first-order chi connectivity index (χ1) is 11.4. The van der Waals surface area contributed by atoms with Crippen LogP contribution in [0, 0.1) is 11.6 Å². The maximum absolute atomic E-state index is 13.5. The van der Waals surface area contributed by atoms with E-state index in [9.17, 15) is 17.2 Å². The minimum absolute atomic E-state index is 0. The molecule has 0 saturated carbocycles. The monoisotopic (exact) mass is 392 g/mol. The lowest BCUT2D eigenvalue weighted by atomic mass is 9.86. The maximum atomic E-state index is 13.5. The van der Waals surface area contributed by atoms with E-state index in [2.05, 4.69) is 15.1 Å². The average Bonchev–Trinajstić information content (AvgIpc) is 2.98. The molecule has 3 rings (SSSR count). The SMILES string of the molecule is Cl.Cn1cc(S(=O)(=O)NC2CNCCC2c2ccc(F)c(F)c2)cn1. The van der Waals surface area contributed by atoms with Gasteiger partial charge in [-0.15, -0.1) is 12.4 Å². The Hall–Kier alpha value is -1.55. The zero-order valence-electron chi connectivity index (χ0n) is 13.4. The summed E-state index contributed by atoms with van der Waals surface area (Å²) < 4.78 is 55.7. The van der Waals surface area contributed by atoms with Crippen LogP contribution < -0.4 is 10.0 Å². The number of hydrogen-bond donors (Lipinski definition) is 2. The van der Waals surface area contributed by atoms with Crippen molar-refractivity contribution in [3.8, 4) is 0 Å².